The molecule has 1 saturated heterocycles. The summed E-state index contributed by atoms with van der Waals surface area (Å²) in [5, 5.41) is 12.6. The molecule has 0 aliphatic carbocycles. The number of aliphatic hydroxyl groups excluding tert-OH is 1. The summed E-state index contributed by atoms with van der Waals surface area (Å²) in [4.78, 5) is 2.66. The van der Waals surface area contributed by atoms with Gasteiger partial charge in [-0.05, 0) is 51.7 Å². The first-order valence-corrected chi connectivity index (χ1v) is 7.34. The minimum absolute atomic E-state index is 0.294. The highest BCUT2D eigenvalue weighted by molar-refractivity contribution is 5.01. The zero-order chi connectivity index (χ0) is 12.7. The van der Waals surface area contributed by atoms with E-state index >= 15 is 0 Å². The van der Waals surface area contributed by atoms with Gasteiger partial charge in [-0.3, -0.25) is 4.90 Å². The summed E-state index contributed by atoms with van der Waals surface area (Å²) in [6, 6.07) is 0.595. The molecule has 1 rings (SSSR count). The van der Waals surface area contributed by atoms with Crippen molar-refractivity contribution in [3.05, 3.63) is 0 Å². The number of rotatable bonds is 7. The molecule has 17 heavy (non-hydrogen) atoms. The second kappa shape index (κ2) is 7.34. The maximum Gasteiger partial charge on any atom is 0.0443 e. The summed E-state index contributed by atoms with van der Waals surface area (Å²) >= 11 is 0. The van der Waals surface area contributed by atoms with Crippen LogP contribution in [0.25, 0.3) is 0 Å². The van der Waals surface area contributed by atoms with Crippen molar-refractivity contribution < 1.29 is 5.11 Å². The summed E-state index contributed by atoms with van der Waals surface area (Å²) in [6.07, 6.45) is 5.88. The fraction of sp³-hybridized carbons (Fsp3) is 1.00. The van der Waals surface area contributed by atoms with E-state index in [0.29, 0.717) is 18.2 Å². The highest BCUT2D eigenvalue weighted by Gasteiger charge is 2.42. The molecule has 3 nitrogen and oxygen atoms in total. The van der Waals surface area contributed by atoms with Gasteiger partial charge < -0.3 is 10.4 Å². The number of likely N-dealkylation sites (N-methyl/N-ethyl adjacent to an activating group) is 1. The molecular formula is C14H30N2O. The molecule has 0 radical (unpaired) electrons. The van der Waals surface area contributed by atoms with Crippen molar-refractivity contribution >= 4 is 0 Å². The molecule has 0 aromatic rings. The smallest absolute Gasteiger partial charge is 0.0443 e. The van der Waals surface area contributed by atoms with Gasteiger partial charge in [0.15, 0.2) is 0 Å². The SMILES string of the molecule is CCN1CCCC(NCCCO)C1(CC)CC. The first-order chi connectivity index (χ1) is 8.25. The Hall–Kier alpha value is -0.120. The topological polar surface area (TPSA) is 35.5 Å². The first kappa shape index (κ1) is 14.9. The first-order valence-electron chi connectivity index (χ1n) is 7.34. The van der Waals surface area contributed by atoms with E-state index in [1.165, 1.54) is 32.2 Å². The Labute approximate surface area is 107 Å². The fourth-order valence-corrected chi connectivity index (χ4v) is 3.51. The van der Waals surface area contributed by atoms with Gasteiger partial charge in [-0.25, -0.2) is 0 Å². The fourth-order valence-electron chi connectivity index (χ4n) is 3.51. The maximum atomic E-state index is 8.89. The molecule has 0 aromatic carbocycles. The van der Waals surface area contributed by atoms with E-state index in [2.05, 4.69) is 31.0 Å². The monoisotopic (exact) mass is 242 g/mol. The minimum atomic E-state index is 0.294. The summed E-state index contributed by atoms with van der Waals surface area (Å²) in [7, 11) is 0. The Morgan fingerprint density at radius 3 is 2.53 bits per heavy atom. The number of aliphatic hydroxyl groups is 1. The minimum Gasteiger partial charge on any atom is -0.396 e. The maximum absolute atomic E-state index is 8.89. The van der Waals surface area contributed by atoms with Gasteiger partial charge in [0, 0.05) is 18.2 Å². The van der Waals surface area contributed by atoms with Crippen molar-refractivity contribution in [2.24, 2.45) is 0 Å². The second-order valence-corrected chi connectivity index (χ2v) is 5.12. The van der Waals surface area contributed by atoms with E-state index in [-0.39, 0.29) is 0 Å². The highest BCUT2D eigenvalue weighted by Crippen LogP contribution is 2.34. The average molecular weight is 242 g/mol. The van der Waals surface area contributed by atoms with Gasteiger partial charge in [-0.1, -0.05) is 20.8 Å². The average Bonchev–Trinajstić information content (AvgIpc) is 2.38. The number of hydrogen-bond donors (Lipinski definition) is 2. The predicted octanol–water partition coefficient (Wildman–Crippen LogP) is 2.00. The normalized spacial score (nSPS) is 25.1. The van der Waals surface area contributed by atoms with E-state index in [0.717, 1.165) is 19.5 Å². The van der Waals surface area contributed by atoms with Gasteiger partial charge in [-0.15, -0.1) is 0 Å². The largest absolute Gasteiger partial charge is 0.396 e. The zero-order valence-electron chi connectivity index (χ0n) is 11.8. The van der Waals surface area contributed by atoms with Crippen molar-refractivity contribution in [1.29, 1.82) is 0 Å². The van der Waals surface area contributed by atoms with Crippen LogP contribution in [0.1, 0.15) is 52.9 Å². The Morgan fingerprint density at radius 2 is 2.00 bits per heavy atom. The molecule has 1 unspecified atom stereocenters. The van der Waals surface area contributed by atoms with Crippen LogP contribution in [-0.2, 0) is 0 Å². The zero-order valence-corrected chi connectivity index (χ0v) is 11.8. The number of nitrogens with one attached hydrogen (secondary N) is 1. The number of piperidine rings is 1. The van der Waals surface area contributed by atoms with E-state index in [1.807, 2.05) is 0 Å². The van der Waals surface area contributed by atoms with Crippen LogP contribution in [0.4, 0.5) is 0 Å². The number of nitrogens with zero attached hydrogens (tertiary/aromatic N) is 1. The molecular weight excluding hydrogens is 212 g/mol. The summed E-state index contributed by atoms with van der Waals surface area (Å²) in [5.74, 6) is 0. The molecule has 0 aromatic heterocycles. The highest BCUT2D eigenvalue weighted by atomic mass is 16.3. The van der Waals surface area contributed by atoms with Crippen molar-refractivity contribution in [3.63, 3.8) is 0 Å². The molecule has 3 heteroatoms. The molecule has 102 valence electrons. The van der Waals surface area contributed by atoms with Crippen LogP contribution in [0, 0.1) is 0 Å². The van der Waals surface area contributed by atoms with Crippen LogP contribution in [0.5, 0.6) is 0 Å². The third-order valence-corrected chi connectivity index (χ3v) is 4.53. The quantitative estimate of drug-likeness (QED) is 0.670. The third kappa shape index (κ3) is 3.21. The van der Waals surface area contributed by atoms with Crippen LogP contribution < -0.4 is 5.32 Å². The lowest BCUT2D eigenvalue weighted by molar-refractivity contribution is 0.0112. The molecule has 0 bridgehead atoms. The van der Waals surface area contributed by atoms with Gasteiger partial charge in [0.25, 0.3) is 0 Å². The van der Waals surface area contributed by atoms with Gasteiger partial charge >= 0.3 is 0 Å². The number of likely N-dealkylation sites (tertiary alicyclic amines) is 1. The molecule has 1 heterocycles. The molecule has 2 N–H and O–H groups in total. The van der Waals surface area contributed by atoms with E-state index in [9.17, 15) is 0 Å². The van der Waals surface area contributed by atoms with Gasteiger partial charge in [0.05, 0.1) is 0 Å². The molecule has 1 atom stereocenters. The second-order valence-electron chi connectivity index (χ2n) is 5.12. The van der Waals surface area contributed by atoms with Crippen molar-refractivity contribution in [2.45, 2.75) is 64.5 Å². The van der Waals surface area contributed by atoms with E-state index < -0.39 is 0 Å². The molecule has 0 spiro atoms. The molecule has 0 saturated carbocycles. The summed E-state index contributed by atoms with van der Waals surface area (Å²) in [6.45, 7) is 10.5. The molecule has 1 fully saturated rings. The summed E-state index contributed by atoms with van der Waals surface area (Å²) in [5.41, 5.74) is 0.336. The Kier molecular flexibility index (Phi) is 6.45. The standard InChI is InChI=1S/C14H30N2O/c1-4-14(5-2)13(15-10-8-12-17)9-7-11-16(14)6-3/h13,15,17H,4-12H2,1-3H3. The van der Waals surface area contributed by atoms with Gasteiger partial charge in [0.2, 0.25) is 0 Å². The van der Waals surface area contributed by atoms with Crippen LogP contribution in [0.15, 0.2) is 0 Å². The Morgan fingerprint density at radius 1 is 1.29 bits per heavy atom. The lowest BCUT2D eigenvalue weighted by Crippen LogP contribution is -2.63. The van der Waals surface area contributed by atoms with E-state index in [1.54, 1.807) is 0 Å². The van der Waals surface area contributed by atoms with Crippen LogP contribution >= 0.6 is 0 Å². The predicted molar refractivity (Wildman–Crippen MR) is 73.3 cm³/mol. The molecule has 0 amide bonds. The van der Waals surface area contributed by atoms with Crippen LogP contribution in [0.3, 0.4) is 0 Å². The van der Waals surface area contributed by atoms with Crippen LogP contribution in [0.2, 0.25) is 0 Å². The Balaban J connectivity index is 2.69. The Bertz CT molecular complexity index is 204. The van der Waals surface area contributed by atoms with Gasteiger partial charge in [0.1, 0.15) is 0 Å². The summed E-state index contributed by atoms with van der Waals surface area (Å²) < 4.78 is 0. The van der Waals surface area contributed by atoms with Crippen molar-refractivity contribution in [2.75, 3.05) is 26.2 Å². The number of hydrogen-bond acceptors (Lipinski definition) is 3. The van der Waals surface area contributed by atoms with Crippen molar-refractivity contribution in [3.8, 4) is 0 Å². The van der Waals surface area contributed by atoms with E-state index in [4.69, 9.17) is 5.11 Å². The van der Waals surface area contributed by atoms with Crippen molar-refractivity contribution in [1.82, 2.24) is 10.2 Å². The lowest BCUT2D eigenvalue weighted by Gasteiger charge is -2.52. The van der Waals surface area contributed by atoms with Crippen LogP contribution in [-0.4, -0.2) is 47.8 Å². The third-order valence-electron chi connectivity index (χ3n) is 4.53. The lowest BCUT2D eigenvalue weighted by atomic mass is 9.77. The molecule has 1 aliphatic heterocycles. The molecule has 1 aliphatic rings. The van der Waals surface area contributed by atoms with Gasteiger partial charge in [-0.2, -0.15) is 0 Å².